The number of rotatable bonds is 6. The van der Waals surface area contributed by atoms with Crippen molar-refractivity contribution in [2.75, 3.05) is 0 Å². The molecular weight excluding hydrogens is 282 g/mol. The van der Waals surface area contributed by atoms with E-state index in [1.54, 1.807) is 32.9 Å². The van der Waals surface area contributed by atoms with E-state index in [0.717, 1.165) is 25.7 Å². The normalized spacial score (nSPS) is 11.1. The minimum absolute atomic E-state index is 0.277. The Kier molecular flexibility index (Phi) is 6.27. The first-order valence-electron chi connectivity index (χ1n) is 8.63. The summed E-state index contributed by atoms with van der Waals surface area (Å²) in [5.74, 6) is 0. The quantitative estimate of drug-likeness (QED) is 0.560. The van der Waals surface area contributed by atoms with E-state index in [4.69, 9.17) is 0 Å². The van der Waals surface area contributed by atoms with Gasteiger partial charge < -0.3 is 0 Å². The predicted molar refractivity (Wildman–Crippen MR) is 105 cm³/mol. The van der Waals surface area contributed by atoms with Gasteiger partial charge in [0.05, 0.1) is 0 Å². The van der Waals surface area contributed by atoms with Gasteiger partial charge in [0.2, 0.25) is 0 Å². The number of hydrogen-bond acceptors (Lipinski definition) is 0. The Balaban J connectivity index is 2.65. The summed E-state index contributed by atoms with van der Waals surface area (Å²) >= 11 is 0. The van der Waals surface area contributed by atoms with E-state index in [2.05, 4.69) is 71.7 Å². The molecule has 0 fully saturated rings. The van der Waals surface area contributed by atoms with Crippen LogP contribution in [0.15, 0.2) is 36.4 Å². The van der Waals surface area contributed by atoms with Crippen molar-refractivity contribution < 1.29 is 0 Å². The van der Waals surface area contributed by atoms with Gasteiger partial charge in [0.15, 0.2) is 0 Å². The molecule has 2 rings (SSSR count). The van der Waals surface area contributed by atoms with Crippen molar-refractivity contribution >= 4 is 26.0 Å². The molecule has 0 N–H and O–H groups in total. The number of aryl methyl sites for hydroxylation is 4. The summed E-state index contributed by atoms with van der Waals surface area (Å²) in [6.45, 7) is 9.14. The Morgan fingerprint density at radius 1 is 0.636 bits per heavy atom. The van der Waals surface area contributed by atoms with Crippen LogP contribution < -0.4 is 10.6 Å². The van der Waals surface area contributed by atoms with Gasteiger partial charge in [-0.1, -0.05) is 71.9 Å². The monoisotopic (exact) mass is 310 g/mol. The van der Waals surface area contributed by atoms with Crippen molar-refractivity contribution in [2.24, 2.45) is 0 Å². The molecule has 2 aromatic rings. The van der Waals surface area contributed by atoms with Crippen LogP contribution in [0.4, 0.5) is 0 Å². The number of hydrogen-bond donors (Lipinski definition) is 0. The molecule has 0 amide bonds. The molecule has 0 heterocycles. The first kappa shape index (κ1) is 17.3. The molecule has 0 aliphatic heterocycles. The van der Waals surface area contributed by atoms with Crippen molar-refractivity contribution in [3.05, 3.63) is 58.7 Å². The predicted octanol–water partition coefficient (Wildman–Crippen LogP) is 3.92. The smallest absolute Gasteiger partial charge is 0.0871 e. The van der Waals surface area contributed by atoms with Crippen molar-refractivity contribution in [1.29, 1.82) is 0 Å². The third-order valence-corrected chi connectivity index (χ3v) is 7.09. The first-order chi connectivity index (χ1) is 10.7. The van der Waals surface area contributed by atoms with Gasteiger partial charge in [0.1, 0.15) is 7.57 Å². The molecule has 0 saturated heterocycles. The fourth-order valence-corrected chi connectivity index (χ4v) is 6.28. The third kappa shape index (κ3) is 3.30. The van der Waals surface area contributed by atoms with Crippen LogP contribution in [0.3, 0.4) is 0 Å². The van der Waals surface area contributed by atoms with Gasteiger partial charge in [0, 0.05) is 0 Å². The molecular formula is C20H28BP. The summed E-state index contributed by atoms with van der Waals surface area (Å²) in [6.07, 6.45) is 4.52. The lowest BCUT2D eigenvalue weighted by Crippen LogP contribution is -2.24. The second kappa shape index (κ2) is 7.98. The molecule has 116 valence electrons. The zero-order valence-corrected chi connectivity index (χ0v) is 15.6. The van der Waals surface area contributed by atoms with Crippen LogP contribution in [-0.4, -0.2) is 7.57 Å². The lowest BCUT2D eigenvalue weighted by atomic mass is 10.1. The fourth-order valence-electron chi connectivity index (χ4n) is 3.40. The third-order valence-electron chi connectivity index (χ3n) is 4.60. The molecule has 0 aliphatic rings. The van der Waals surface area contributed by atoms with Crippen LogP contribution in [0.5, 0.6) is 0 Å². The summed E-state index contributed by atoms with van der Waals surface area (Å²) in [7, 11) is 2.19. The summed E-state index contributed by atoms with van der Waals surface area (Å²) in [5, 5.41) is 3.27. The summed E-state index contributed by atoms with van der Waals surface area (Å²) < 4.78 is 0. The van der Waals surface area contributed by atoms with Crippen LogP contribution >= 0.6 is 7.80 Å². The van der Waals surface area contributed by atoms with Crippen molar-refractivity contribution in [3.8, 4) is 0 Å². The first-order valence-corrected chi connectivity index (χ1v) is 10.4. The van der Waals surface area contributed by atoms with E-state index in [0.29, 0.717) is 0 Å². The molecule has 0 radical (unpaired) electrons. The summed E-state index contributed by atoms with van der Waals surface area (Å²) in [6, 6.07) is 13.8. The van der Waals surface area contributed by atoms with Gasteiger partial charge in [-0.15, -0.1) is 0 Å². The molecule has 0 spiro atoms. The van der Waals surface area contributed by atoms with E-state index in [1.165, 1.54) is 0 Å². The molecule has 0 atom stereocenters. The molecule has 0 saturated carbocycles. The van der Waals surface area contributed by atoms with Crippen LogP contribution in [0.1, 0.15) is 49.9 Å². The molecule has 0 bridgehead atoms. The highest BCUT2D eigenvalue weighted by Crippen LogP contribution is 2.34. The van der Waals surface area contributed by atoms with Crippen LogP contribution in [0.25, 0.3) is 0 Å². The average Bonchev–Trinajstić information content (AvgIpc) is 2.59. The summed E-state index contributed by atoms with van der Waals surface area (Å²) in [4.78, 5) is 0. The Hall–Kier alpha value is -1.07. The van der Waals surface area contributed by atoms with Crippen molar-refractivity contribution in [3.63, 3.8) is 0 Å². The van der Waals surface area contributed by atoms with Crippen molar-refractivity contribution in [1.82, 2.24) is 0 Å². The molecule has 2 aromatic carbocycles. The van der Waals surface area contributed by atoms with Gasteiger partial charge in [-0.3, -0.25) is 0 Å². The standard InChI is InChI=1S/C20H28BP/c1-5-15-11-9-12-16(6-2)19(15)22(21)20-17(7-3)13-10-14-18(20)8-4/h9-14H,5-8,21H2,1-4H3. The molecule has 0 nitrogen and oxygen atoms in total. The van der Waals surface area contributed by atoms with E-state index >= 15 is 0 Å². The Bertz CT molecular complexity index is 534. The molecule has 0 aromatic heterocycles. The lowest BCUT2D eigenvalue weighted by molar-refractivity contribution is 1.10. The highest BCUT2D eigenvalue weighted by Gasteiger charge is 2.19. The maximum absolute atomic E-state index is 2.47. The van der Waals surface area contributed by atoms with Gasteiger partial charge in [-0.2, -0.15) is 0 Å². The minimum Gasteiger partial charge on any atom is -0.0871 e. The van der Waals surface area contributed by atoms with Gasteiger partial charge in [0.25, 0.3) is 0 Å². The second-order valence-electron chi connectivity index (χ2n) is 5.82. The SMILES string of the molecule is BP(c1c(CC)cccc1CC)c1c(CC)cccc1CC. The Morgan fingerprint density at radius 2 is 0.909 bits per heavy atom. The van der Waals surface area contributed by atoms with Crippen LogP contribution in [-0.2, 0) is 25.7 Å². The molecule has 22 heavy (non-hydrogen) atoms. The van der Waals surface area contributed by atoms with Gasteiger partial charge in [-0.05, 0) is 58.5 Å². The van der Waals surface area contributed by atoms with Crippen LogP contribution in [0.2, 0.25) is 0 Å². The van der Waals surface area contributed by atoms with Crippen molar-refractivity contribution in [2.45, 2.75) is 53.4 Å². The van der Waals surface area contributed by atoms with E-state index < -0.39 is 0 Å². The van der Waals surface area contributed by atoms with Gasteiger partial charge >= 0.3 is 0 Å². The second-order valence-corrected chi connectivity index (χ2v) is 7.84. The highest BCUT2D eigenvalue weighted by atomic mass is 31.1. The molecule has 0 aliphatic carbocycles. The fraction of sp³-hybridized carbons (Fsp3) is 0.400. The maximum atomic E-state index is 2.47. The van der Waals surface area contributed by atoms with E-state index in [9.17, 15) is 0 Å². The Labute approximate surface area is 138 Å². The van der Waals surface area contributed by atoms with E-state index in [1.807, 2.05) is 0 Å². The maximum Gasteiger partial charge on any atom is 0.145 e. The minimum atomic E-state index is -0.277. The average molecular weight is 310 g/mol. The lowest BCUT2D eigenvalue weighted by Gasteiger charge is -2.25. The zero-order chi connectivity index (χ0) is 16.1. The highest BCUT2D eigenvalue weighted by molar-refractivity contribution is 7.94. The molecule has 0 unspecified atom stereocenters. The Morgan fingerprint density at radius 3 is 1.14 bits per heavy atom. The topological polar surface area (TPSA) is 0 Å². The number of benzene rings is 2. The zero-order valence-electron chi connectivity index (χ0n) is 14.7. The van der Waals surface area contributed by atoms with Gasteiger partial charge in [-0.25, -0.2) is 0 Å². The van der Waals surface area contributed by atoms with E-state index in [-0.39, 0.29) is 7.80 Å². The largest absolute Gasteiger partial charge is 0.145 e. The summed E-state index contributed by atoms with van der Waals surface area (Å²) in [5.41, 5.74) is 6.17. The van der Waals surface area contributed by atoms with Crippen LogP contribution in [0, 0.1) is 0 Å². The molecule has 2 heteroatoms.